The smallest absolute Gasteiger partial charge is 0.387 e. The lowest BCUT2D eigenvalue weighted by molar-refractivity contribution is -0.118. The maximum absolute atomic E-state index is 13.4. The number of thioether (sulfide) groups is 1. The Morgan fingerprint density at radius 2 is 1.80 bits per heavy atom. The number of aliphatic hydroxyl groups is 2. The highest BCUT2D eigenvalue weighted by molar-refractivity contribution is 8.13. The minimum absolute atomic E-state index is 0.0503. The second kappa shape index (κ2) is 14.0. The molecule has 1 aromatic rings. The summed E-state index contributed by atoms with van der Waals surface area (Å²) in [4.78, 5) is 38.1. The fraction of sp³-hybridized carbons (Fsp3) is 0.739. The molecule has 0 spiro atoms. The number of hydrogen-bond acceptors (Lipinski definition) is 14. The molecule has 2 rings (SSSR count). The normalized spacial score (nSPS) is 25.1. The molecule has 0 radical (unpaired) electrons. The maximum atomic E-state index is 13.4. The van der Waals surface area contributed by atoms with E-state index in [1.54, 1.807) is 41.5 Å². The Labute approximate surface area is 246 Å². The third kappa shape index (κ3) is 9.83. The molecule has 1 aliphatic rings. The predicted molar refractivity (Wildman–Crippen MR) is 152 cm³/mol. The lowest BCUT2D eigenvalue weighted by Crippen LogP contribution is -2.44. The van der Waals surface area contributed by atoms with Crippen molar-refractivity contribution in [2.75, 3.05) is 25.8 Å². The van der Waals surface area contributed by atoms with Gasteiger partial charge in [-0.15, -0.1) is 0 Å². The number of rotatable bonds is 12. The van der Waals surface area contributed by atoms with E-state index in [2.05, 4.69) is 4.98 Å². The van der Waals surface area contributed by atoms with E-state index in [0.29, 0.717) is 12.0 Å². The Balaban J connectivity index is 2.09. The monoisotopic (exact) mass is 644 g/mol. The molecule has 1 aromatic heterocycles. The number of nitrogens with one attached hydrogen (secondary N) is 1. The van der Waals surface area contributed by atoms with Gasteiger partial charge in [-0.05, 0) is 19.1 Å². The van der Waals surface area contributed by atoms with Crippen LogP contribution in [0.5, 0.6) is 0 Å². The van der Waals surface area contributed by atoms with Crippen LogP contribution in [0.3, 0.4) is 0 Å². The fourth-order valence-electron chi connectivity index (χ4n) is 3.05. The van der Waals surface area contributed by atoms with Crippen LogP contribution in [0.2, 0.25) is 0 Å². The third-order valence-electron chi connectivity index (χ3n) is 5.44. The summed E-state index contributed by atoms with van der Waals surface area (Å²) >= 11 is 6.65. The van der Waals surface area contributed by atoms with Gasteiger partial charge in [-0.2, -0.15) is 0 Å². The third-order valence-corrected chi connectivity index (χ3v) is 9.36. The standard InChI is InChI=1S/C23H37N2O11PS3/c1-21(2,3)18(28)39-11-10-32-37(31,34-13-35-40-19(29)22(4,5)6)33-12-14-16(27)23(7,30)17(36-14)25-9-8-15(26)24-20(25)38/h8-9,14,16-17,27,30H,10-13H2,1-7H3,(H,24,26,38)/t14-,16+,17-,23?,37?/m1/s1. The van der Waals surface area contributed by atoms with Crippen LogP contribution in [0, 0.1) is 15.6 Å². The first-order chi connectivity index (χ1) is 18.3. The summed E-state index contributed by atoms with van der Waals surface area (Å²) < 4.78 is 41.5. The van der Waals surface area contributed by atoms with E-state index in [-0.39, 0.29) is 27.4 Å². The van der Waals surface area contributed by atoms with Crippen LogP contribution in [0.1, 0.15) is 54.7 Å². The molecule has 17 heteroatoms. The van der Waals surface area contributed by atoms with E-state index in [1.807, 2.05) is 0 Å². The molecule has 228 valence electrons. The van der Waals surface area contributed by atoms with E-state index < -0.39 is 61.6 Å². The summed E-state index contributed by atoms with van der Waals surface area (Å²) in [6.45, 7) is 10.3. The first-order valence-corrected chi connectivity index (χ1v) is 15.8. The van der Waals surface area contributed by atoms with Gasteiger partial charge in [0.05, 0.1) is 25.3 Å². The van der Waals surface area contributed by atoms with Crippen molar-refractivity contribution >= 4 is 54.1 Å². The highest BCUT2D eigenvalue weighted by Gasteiger charge is 2.53. The molecule has 13 nitrogen and oxygen atoms in total. The highest BCUT2D eigenvalue weighted by atomic mass is 32.2. The molecular weight excluding hydrogens is 607 g/mol. The number of aromatic amines is 1. The van der Waals surface area contributed by atoms with Crippen molar-refractivity contribution < 1.29 is 46.9 Å². The molecule has 0 saturated carbocycles. The van der Waals surface area contributed by atoms with Gasteiger partial charge in [-0.3, -0.25) is 41.7 Å². The average molecular weight is 645 g/mol. The molecule has 5 atom stereocenters. The van der Waals surface area contributed by atoms with Crippen LogP contribution in [0.25, 0.3) is 0 Å². The van der Waals surface area contributed by atoms with Crippen molar-refractivity contribution in [1.29, 1.82) is 0 Å². The van der Waals surface area contributed by atoms with Crippen LogP contribution in [0.4, 0.5) is 0 Å². The molecular formula is C23H37N2O11PS3. The topological polar surface area (TPSA) is 176 Å². The lowest BCUT2D eigenvalue weighted by Gasteiger charge is -2.28. The van der Waals surface area contributed by atoms with Crippen molar-refractivity contribution in [3.05, 3.63) is 27.4 Å². The van der Waals surface area contributed by atoms with Gasteiger partial charge in [0.25, 0.3) is 5.56 Å². The Morgan fingerprint density at radius 3 is 2.38 bits per heavy atom. The van der Waals surface area contributed by atoms with E-state index in [4.69, 9.17) is 34.7 Å². The first-order valence-electron chi connectivity index (χ1n) is 12.2. The number of carbonyl (C=O) groups is 2. The molecule has 2 unspecified atom stereocenters. The Kier molecular flexibility index (Phi) is 12.4. The second-order valence-electron chi connectivity index (χ2n) is 11.2. The number of phosphoric ester groups is 1. The summed E-state index contributed by atoms with van der Waals surface area (Å²) in [6, 6.07) is 1.17. The van der Waals surface area contributed by atoms with Gasteiger partial charge in [0.1, 0.15) is 17.8 Å². The molecule has 2 heterocycles. The number of H-pyrrole nitrogens is 1. The van der Waals surface area contributed by atoms with Gasteiger partial charge in [0, 0.05) is 28.8 Å². The SMILES string of the molecule is CC(C)(C)C(=O)SCCOP(=O)(OCOSC(=O)C(C)(C)C)OC[C@H]1O[C@@H](n2ccc(=O)[nH]c2=S)C(C)(O)[C@H]1O. The Bertz CT molecular complexity index is 1170. The van der Waals surface area contributed by atoms with Gasteiger partial charge >= 0.3 is 7.82 Å². The molecule has 3 N–H and O–H groups in total. The molecule has 40 heavy (non-hydrogen) atoms. The fourth-order valence-corrected chi connectivity index (χ4v) is 5.80. The van der Waals surface area contributed by atoms with Crippen molar-refractivity contribution in [3.63, 3.8) is 0 Å². The molecule has 0 aromatic carbocycles. The zero-order chi connectivity index (χ0) is 30.5. The molecule has 0 aliphatic carbocycles. The number of carbonyl (C=O) groups excluding carboxylic acids is 2. The Morgan fingerprint density at radius 1 is 1.18 bits per heavy atom. The molecule has 0 bridgehead atoms. The number of ether oxygens (including phenoxy) is 1. The molecule has 1 saturated heterocycles. The van der Waals surface area contributed by atoms with E-state index >= 15 is 0 Å². The predicted octanol–water partition coefficient (Wildman–Crippen LogP) is 3.57. The van der Waals surface area contributed by atoms with Gasteiger partial charge in [0.15, 0.2) is 22.9 Å². The van der Waals surface area contributed by atoms with Crippen LogP contribution in [-0.2, 0) is 36.6 Å². The van der Waals surface area contributed by atoms with Gasteiger partial charge in [-0.25, -0.2) is 4.57 Å². The maximum Gasteiger partial charge on any atom is 0.477 e. The summed E-state index contributed by atoms with van der Waals surface area (Å²) in [5.74, 6) is 0.148. The minimum Gasteiger partial charge on any atom is -0.387 e. The van der Waals surface area contributed by atoms with Crippen LogP contribution < -0.4 is 5.56 Å². The molecule has 0 amide bonds. The second-order valence-corrected chi connectivity index (χ2v) is 15.1. The summed E-state index contributed by atoms with van der Waals surface area (Å²) in [7, 11) is -4.37. The van der Waals surface area contributed by atoms with Crippen LogP contribution >= 0.6 is 43.8 Å². The van der Waals surface area contributed by atoms with Gasteiger partial charge in [-0.1, -0.05) is 53.3 Å². The zero-order valence-electron chi connectivity index (χ0n) is 23.4. The number of hydrogen-bond donors (Lipinski definition) is 3. The van der Waals surface area contributed by atoms with E-state index in [9.17, 15) is 29.2 Å². The van der Waals surface area contributed by atoms with Crippen molar-refractivity contribution in [3.8, 4) is 0 Å². The average Bonchev–Trinajstić information content (AvgIpc) is 3.05. The van der Waals surface area contributed by atoms with Gasteiger partial charge in [0.2, 0.25) is 5.12 Å². The number of aliphatic hydroxyl groups excluding tert-OH is 1. The van der Waals surface area contributed by atoms with Crippen molar-refractivity contribution in [1.82, 2.24) is 9.55 Å². The molecule has 1 aliphatic heterocycles. The summed E-state index contributed by atoms with van der Waals surface area (Å²) in [6.07, 6.45) is -2.66. The van der Waals surface area contributed by atoms with Crippen molar-refractivity contribution in [2.24, 2.45) is 10.8 Å². The summed E-state index contributed by atoms with van der Waals surface area (Å²) in [5, 5.41) is 21.3. The van der Waals surface area contributed by atoms with Crippen LogP contribution in [-0.4, -0.2) is 73.6 Å². The summed E-state index contributed by atoms with van der Waals surface area (Å²) in [5.41, 5.74) is -3.60. The number of nitrogens with zero attached hydrogens (tertiary/aromatic N) is 1. The Hall–Kier alpha value is -0.910. The highest BCUT2D eigenvalue weighted by Crippen LogP contribution is 2.51. The zero-order valence-corrected chi connectivity index (χ0v) is 26.7. The van der Waals surface area contributed by atoms with Crippen LogP contribution in [0.15, 0.2) is 17.1 Å². The number of phosphoric acid groups is 1. The largest absolute Gasteiger partial charge is 0.477 e. The van der Waals surface area contributed by atoms with E-state index in [1.165, 1.54) is 23.8 Å². The van der Waals surface area contributed by atoms with Crippen molar-refractivity contribution in [2.45, 2.75) is 72.5 Å². The quantitative estimate of drug-likeness (QED) is 0.0990. The van der Waals surface area contributed by atoms with Gasteiger partial charge < -0.3 is 14.9 Å². The number of aromatic nitrogens is 2. The van der Waals surface area contributed by atoms with E-state index in [0.717, 1.165) is 11.8 Å². The first kappa shape index (κ1) is 35.3. The minimum atomic E-state index is -4.37. The lowest BCUT2D eigenvalue weighted by atomic mass is 9.96. The molecule has 1 fully saturated rings.